The Kier molecular flexibility index (Phi) is 3.55. The zero-order valence-electron chi connectivity index (χ0n) is 11.3. The zero-order valence-corrected chi connectivity index (χ0v) is 12.1. The number of anilines is 2. The highest BCUT2D eigenvalue weighted by atomic mass is 32.2. The van der Waals surface area contributed by atoms with Crippen molar-refractivity contribution >= 4 is 21.4 Å². The van der Waals surface area contributed by atoms with E-state index in [0.717, 1.165) is 30.6 Å². The second-order valence-electron chi connectivity index (χ2n) is 4.93. The van der Waals surface area contributed by atoms with Crippen LogP contribution in [-0.4, -0.2) is 15.0 Å². The van der Waals surface area contributed by atoms with Crippen molar-refractivity contribution in [2.24, 2.45) is 0 Å². The van der Waals surface area contributed by atoms with Gasteiger partial charge in [0, 0.05) is 12.2 Å². The summed E-state index contributed by atoms with van der Waals surface area (Å²) in [5.41, 5.74) is 1.89. The Bertz CT molecular complexity index is 775. The summed E-state index contributed by atoms with van der Waals surface area (Å²) in [5, 5.41) is 3.22. The Morgan fingerprint density at radius 2 is 1.95 bits per heavy atom. The van der Waals surface area contributed by atoms with Crippen molar-refractivity contribution in [2.45, 2.75) is 17.7 Å². The van der Waals surface area contributed by atoms with Gasteiger partial charge in [0.15, 0.2) is 0 Å². The van der Waals surface area contributed by atoms with Gasteiger partial charge < -0.3 is 5.32 Å². The van der Waals surface area contributed by atoms with E-state index in [0.29, 0.717) is 0 Å². The molecule has 0 saturated carbocycles. The Morgan fingerprint density at radius 3 is 2.76 bits per heavy atom. The summed E-state index contributed by atoms with van der Waals surface area (Å²) in [7, 11) is -3.79. The second kappa shape index (κ2) is 5.37. The van der Waals surface area contributed by atoms with Crippen LogP contribution in [0.4, 0.5) is 15.8 Å². The molecule has 0 aromatic heterocycles. The third kappa shape index (κ3) is 2.85. The number of halogens is 1. The van der Waals surface area contributed by atoms with Crippen molar-refractivity contribution in [1.82, 2.24) is 0 Å². The highest BCUT2D eigenvalue weighted by Crippen LogP contribution is 2.26. The summed E-state index contributed by atoms with van der Waals surface area (Å²) in [6, 6.07) is 10.6. The molecule has 4 nitrogen and oxygen atoms in total. The van der Waals surface area contributed by atoms with Gasteiger partial charge in [0.25, 0.3) is 10.0 Å². The molecule has 1 aliphatic heterocycles. The monoisotopic (exact) mass is 306 g/mol. The van der Waals surface area contributed by atoms with Gasteiger partial charge in [-0.1, -0.05) is 12.1 Å². The lowest BCUT2D eigenvalue weighted by Crippen LogP contribution is -2.16. The molecule has 0 fully saturated rings. The molecule has 2 aromatic carbocycles. The smallest absolute Gasteiger partial charge is 0.261 e. The minimum atomic E-state index is -3.79. The molecule has 21 heavy (non-hydrogen) atoms. The van der Waals surface area contributed by atoms with Crippen LogP contribution in [0.25, 0.3) is 0 Å². The highest BCUT2D eigenvalue weighted by Gasteiger charge is 2.18. The molecule has 1 heterocycles. The van der Waals surface area contributed by atoms with E-state index < -0.39 is 15.8 Å². The summed E-state index contributed by atoms with van der Waals surface area (Å²) in [6.45, 7) is 0.895. The quantitative estimate of drug-likeness (QED) is 0.916. The van der Waals surface area contributed by atoms with Gasteiger partial charge in [0.1, 0.15) is 5.82 Å². The Hall–Kier alpha value is -2.08. The summed E-state index contributed by atoms with van der Waals surface area (Å²) < 4.78 is 40.5. The van der Waals surface area contributed by atoms with E-state index >= 15 is 0 Å². The van der Waals surface area contributed by atoms with Crippen LogP contribution in [0.15, 0.2) is 47.4 Å². The van der Waals surface area contributed by atoms with E-state index in [2.05, 4.69) is 10.0 Å². The summed E-state index contributed by atoms with van der Waals surface area (Å²) in [6.07, 6.45) is 1.81. The number of hydrogen-bond donors (Lipinski definition) is 2. The van der Waals surface area contributed by atoms with Gasteiger partial charge in [0.05, 0.1) is 10.6 Å². The van der Waals surface area contributed by atoms with Crippen LogP contribution in [0.2, 0.25) is 0 Å². The molecule has 0 amide bonds. The average Bonchev–Trinajstić information content (AvgIpc) is 2.49. The van der Waals surface area contributed by atoms with Gasteiger partial charge in [-0.05, 0) is 48.7 Å². The SMILES string of the molecule is O=S(=O)(Nc1ccccc1F)c1ccc2c(c1)CCCN2. The fourth-order valence-electron chi connectivity index (χ4n) is 2.37. The third-order valence-electron chi connectivity index (χ3n) is 3.44. The first kappa shape index (κ1) is 13.9. The van der Waals surface area contributed by atoms with Crippen LogP contribution in [0.5, 0.6) is 0 Å². The fraction of sp³-hybridized carbons (Fsp3) is 0.200. The number of hydrogen-bond acceptors (Lipinski definition) is 3. The van der Waals surface area contributed by atoms with Crippen molar-refractivity contribution in [2.75, 3.05) is 16.6 Å². The van der Waals surface area contributed by atoms with Crippen molar-refractivity contribution in [1.29, 1.82) is 0 Å². The van der Waals surface area contributed by atoms with Crippen LogP contribution in [0.1, 0.15) is 12.0 Å². The van der Waals surface area contributed by atoms with Gasteiger partial charge >= 0.3 is 0 Å². The minimum Gasteiger partial charge on any atom is -0.385 e. The second-order valence-corrected chi connectivity index (χ2v) is 6.62. The van der Waals surface area contributed by atoms with E-state index in [1.54, 1.807) is 18.2 Å². The Morgan fingerprint density at radius 1 is 1.14 bits per heavy atom. The van der Waals surface area contributed by atoms with Gasteiger partial charge in [0.2, 0.25) is 0 Å². The first-order valence-corrected chi connectivity index (χ1v) is 8.19. The fourth-order valence-corrected chi connectivity index (χ4v) is 3.48. The van der Waals surface area contributed by atoms with E-state index in [1.165, 1.54) is 24.3 Å². The van der Waals surface area contributed by atoms with E-state index in [9.17, 15) is 12.8 Å². The predicted molar refractivity (Wildman–Crippen MR) is 80.5 cm³/mol. The van der Waals surface area contributed by atoms with Crippen molar-refractivity contribution < 1.29 is 12.8 Å². The van der Waals surface area contributed by atoms with Crippen LogP contribution in [-0.2, 0) is 16.4 Å². The van der Waals surface area contributed by atoms with Crippen LogP contribution in [0.3, 0.4) is 0 Å². The molecule has 1 aliphatic rings. The average molecular weight is 306 g/mol. The molecule has 0 unspecified atom stereocenters. The number of rotatable bonds is 3. The number of benzene rings is 2. The molecule has 0 spiro atoms. The normalized spacial score (nSPS) is 14.1. The molecule has 110 valence electrons. The van der Waals surface area contributed by atoms with Crippen molar-refractivity contribution in [3.63, 3.8) is 0 Å². The Balaban J connectivity index is 1.93. The maximum absolute atomic E-state index is 13.6. The third-order valence-corrected chi connectivity index (χ3v) is 4.81. The van der Waals surface area contributed by atoms with Crippen LogP contribution in [0, 0.1) is 5.82 Å². The summed E-state index contributed by atoms with van der Waals surface area (Å²) >= 11 is 0. The van der Waals surface area contributed by atoms with Gasteiger partial charge in [-0.2, -0.15) is 0 Å². The zero-order chi connectivity index (χ0) is 14.9. The molecule has 2 N–H and O–H groups in total. The minimum absolute atomic E-state index is 0.0478. The molecule has 0 radical (unpaired) electrons. The van der Waals surface area contributed by atoms with Crippen LogP contribution >= 0.6 is 0 Å². The molecule has 0 atom stereocenters. The first-order chi connectivity index (χ1) is 10.1. The van der Waals surface area contributed by atoms with Crippen LogP contribution < -0.4 is 10.0 Å². The molecular formula is C15H15FN2O2S. The van der Waals surface area contributed by atoms with Crippen molar-refractivity contribution in [3.8, 4) is 0 Å². The highest BCUT2D eigenvalue weighted by molar-refractivity contribution is 7.92. The molecule has 2 aromatic rings. The molecule has 3 rings (SSSR count). The largest absolute Gasteiger partial charge is 0.385 e. The number of nitrogens with one attached hydrogen (secondary N) is 2. The van der Waals surface area contributed by atoms with Gasteiger partial charge in [-0.25, -0.2) is 12.8 Å². The number of fused-ring (bicyclic) bond motifs is 1. The van der Waals surface area contributed by atoms with E-state index in [4.69, 9.17) is 0 Å². The van der Waals surface area contributed by atoms with E-state index in [1.807, 2.05) is 0 Å². The topological polar surface area (TPSA) is 58.2 Å². The molecule has 0 aliphatic carbocycles. The lowest BCUT2D eigenvalue weighted by Gasteiger charge is -2.19. The van der Waals surface area contributed by atoms with Crippen molar-refractivity contribution in [3.05, 3.63) is 53.8 Å². The number of para-hydroxylation sites is 1. The maximum atomic E-state index is 13.6. The predicted octanol–water partition coefficient (Wildman–Crippen LogP) is 2.98. The Labute approximate surface area is 123 Å². The van der Waals surface area contributed by atoms with Gasteiger partial charge in [-0.15, -0.1) is 0 Å². The molecule has 0 bridgehead atoms. The summed E-state index contributed by atoms with van der Waals surface area (Å²) in [5.74, 6) is -0.597. The first-order valence-electron chi connectivity index (χ1n) is 6.70. The number of sulfonamides is 1. The molecular weight excluding hydrogens is 291 g/mol. The molecule has 6 heteroatoms. The summed E-state index contributed by atoms with van der Waals surface area (Å²) in [4.78, 5) is 0.146. The van der Waals surface area contributed by atoms with Gasteiger partial charge in [-0.3, -0.25) is 4.72 Å². The lowest BCUT2D eigenvalue weighted by molar-refractivity contribution is 0.598. The van der Waals surface area contributed by atoms with E-state index in [-0.39, 0.29) is 10.6 Å². The standard InChI is InChI=1S/C15H15FN2O2S/c16-13-5-1-2-6-15(13)18-21(19,20)12-7-8-14-11(10-12)4-3-9-17-14/h1-2,5-8,10,17-18H,3-4,9H2. The number of aryl methyl sites for hydroxylation is 1. The lowest BCUT2D eigenvalue weighted by atomic mass is 10.0. The molecule has 0 saturated heterocycles. The maximum Gasteiger partial charge on any atom is 0.261 e.